The van der Waals surface area contributed by atoms with Crippen LogP contribution in [0.4, 0.5) is 5.82 Å². The molecular weight excluding hydrogens is 226 g/mol. The summed E-state index contributed by atoms with van der Waals surface area (Å²) in [4.78, 5) is 13.2. The summed E-state index contributed by atoms with van der Waals surface area (Å²) >= 11 is 0. The van der Waals surface area contributed by atoms with Crippen LogP contribution in [0.5, 0.6) is 0 Å². The van der Waals surface area contributed by atoms with E-state index < -0.39 is 0 Å². The molecule has 0 aromatic carbocycles. The Bertz CT molecular complexity index is 391. The Morgan fingerprint density at radius 3 is 2.44 bits per heavy atom. The van der Waals surface area contributed by atoms with E-state index in [4.69, 9.17) is 5.73 Å². The van der Waals surface area contributed by atoms with Crippen molar-refractivity contribution in [2.24, 2.45) is 5.73 Å². The lowest BCUT2D eigenvalue weighted by molar-refractivity contribution is 0.128. The van der Waals surface area contributed by atoms with E-state index in [0.717, 1.165) is 37.6 Å². The zero-order valence-electron chi connectivity index (χ0n) is 11.6. The van der Waals surface area contributed by atoms with Gasteiger partial charge in [-0.1, -0.05) is 0 Å². The van der Waals surface area contributed by atoms with Gasteiger partial charge in [-0.25, -0.2) is 9.97 Å². The van der Waals surface area contributed by atoms with Crippen LogP contribution in [0.15, 0.2) is 12.5 Å². The van der Waals surface area contributed by atoms with Gasteiger partial charge in [0, 0.05) is 50.0 Å². The summed E-state index contributed by atoms with van der Waals surface area (Å²) in [5, 5.41) is 0. The maximum atomic E-state index is 5.74. The van der Waals surface area contributed by atoms with Crippen LogP contribution < -0.4 is 10.6 Å². The van der Waals surface area contributed by atoms with Crippen LogP contribution in [-0.4, -0.2) is 46.6 Å². The van der Waals surface area contributed by atoms with Gasteiger partial charge in [-0.15, -0.1) is 0 Å². The fourth-order valence-electron chi connectivity index (χ4n) is 2.37. The maximum absolute atomic E-state index is 5.74. The molecule has 5 heteroatoms. The largest absolute Gasteiger partial charge is 0.354 e. The second-order valence-corrected chi connectivity index (χ2v) is 5.72. The molecule has 0 unspecified atom stereocenters. The van der Waals surface area contributed by atoms with Crippen LogP contribution in [0.1, 0.15) is 26.3 Å². The second-order valence-electron chi connectivity index (χ2n) is 5.72. The highest BCUT2D eigenvalue weighted by atomic mass is 15.3. The fourth-order valence-corrected chi connectivity index (χ4v) is 2.37. The lowest BCUT2D eigenvalue weighted by atomic mass is 10.0. The summed E-state index contributed by atoms with van der Waals surface area (Å²) in [6.07, 6.45) is 3.42. The van der Waals surface area contributed by atoms with Crippen molar-refractivity contribution < 1.29 is 0 Å². The van der Waals surface area contributed by atoms with Crippen molar-refractivity contribution in [3.63, 3.8) is 0 Å². The SMILES string of the molecule is CC(C)(C)N1CCN(c2ncncc2CN)CC1. The molecule has 5 nitrogen and oxygen atoms in total. The standard InChI is InChI=1S/C13H23N5/c1-13(2,3)18-6-4-17(5-7-18)12-11(8-14)9-15-10-16-12/h9-10H,4-8,14H2,1-3H3. The van der Waals surface area contributed by atoms with Crippen molar-refractivity contribution in [3.05, 3.63) is 18.1 Å². The van der Waals surface area contributed by atoms with E-state index in [2.05, 4.69) is 40.5 Å². The molecule has 0 bridgehead atoms. The van der Waals surface area contributed by atoms with Crippen molar-refractivity contribution in [2.75, 3.05) is 31.1 Å². The Hall–Kier alpha value is -1.20. The number of aromatic nitrogens is 2. The highest BCUT2D eigenvalue weighted by Crippen LogP contribution is 2.21. The molecule has 1 aliphatic heterocycles. The van der Waals surface area contributed by atoms with Crippen LogP contribution >= 0.6 is 0 Å². The number of hydrogen-bond acceptors (Lipinski definition) is 5. The molecule has 0 amide bonds. The molecule has 1 aromatic rings. The van der Waals surface area contributed by atoms with E-state index in [1.165, 1.54) is 0 Å². The van der Waals surface area contributed by atoms with Crippen LogP contribution in [0, 0.1) is 0 Å². The van der Waals surface area contributed by atoms with Crippen molar-refractivity contribution in [1.29, 1.82) is 0 Å². The predicted octanol–water partition coefficient (Wildman–Crippen LogP) is 0.856. The van der Waals surface area contributed by atoms with Gasteiger partial charge in [0.25, 0.3) is 0 Å². The third kappa shape index (κ3) is 2.79. The fraction of sp³-hybridized carbons (Fsp3) is 0.692. The highest BCUT2D eigenvalue weighted by Gasteiger charge is 2.26. The van der Waals surface area contributed by atoms with Gasteiger partial charge in [0.1, 0.15) is 12.1 Å². The second kappa shape index (κ2) is 5.20. The Kier molecular flexibility index (Phi) is 3.82. The van der Waals surface area contributed by atoms with E-state index in [1.807, 2.05) is 6.20 Å². The molecule has 100 valence electrons. The summed E-state index contributed by atoms with van der Waals surface area (Å²) in [6.45, 7) is 11.4. The third-order valence-electron chi connectivity index (χ3n) is 3.51. The van der Waals surface area contributed by atoms with Gasteiger partial charge in [0.05, 0.1) is 0 Å². The number of anilines is 1. The number of piperazine rings is 1. The van der Waals surface area contributed by atoms with Gasteiger partial charge in [0.2, 0.25) is 0 Å². The molecule has 0 spiro atoms. The first-order valence-corrected chi connectivity index (χ1v) is 6.51. The summed E-state index contributed by atoms with van der Waals surface area (Å²) in [5.41, 5.74) is 7.01. The van der Waals surface area contributed by atoms with E-state index in [0.29, 0.717) is 6.54 Å². The molecule has 18 heavy (non-hydrogen) atoms. The summed E-state index contributed by atoms with van der Waals surface area (Å²) in [7, 11) is 0. The zero-order chi connectivity index (χ0) is 13.2. The number of hydrogen-bond donors (Lipinski definition) is 1. The smallest absolute Gasteiger partial charge is 0.136 e. The Labute approximate surface area is 109 Å². The molecule has 0 radical (unpaired) electrons. The first-order valence-electron chi connectivity index (χ1n) is 6.51. The molecular formula is C13H23N5. The molecule has 1 aromatic heterocycles. The lowest BCUT2D eigenvalue weighted by Gasteiger charge is -2.42. The van der Waals surface area contributed by atoms with E-state index in [1.54, 1.807) is 6.33 Å². The highest BCUT2D eigenvalue weighted by molar-refractivity contribution is 5.45. The van der Waals surface area contributed by atoms with Crippen LogP contribution in [0.3, 0.4) is 0 Å². The molecule has 0 saturated carbocycles. The van der Waals surface area contributed by atoms with Crippen molar-refractivity contribution in [2.45, 2.75) is 32.9 Å². The molecule has 2 N–H and O–H groups in total. The minimum absolute atomic E-state index is 0.245. The van der Waals surface area contributed by atoms with Gasteiger partial charge in [-0.05, 0) is 20.8 Å². The minimum atomic E-state index is 0.245. The average molecular weight is 249 g/mol. The van der Waals surface area contributed by atoms with Gasteiger partial charge >= 0.3 is 0 Å². The van der Waals surface area contributed by atoms with E-state index in [9.17, 15) is 0 Å². The molecule has 0 aliphatic carbocycles. The van der Waals surface area contributed by atoms with Crippen molar-refractivity contribution in [3.8, 4) is 0 Å². The topological polar surface area (TPSA) is 58.3 Å². The van der Waals surface area contributed by atoms with Crippen LogP contribution in [0.2, 0.25) is 0 Å². The molecule has 1 saturated heterocycles. The van der Waals surface area contributed by atoms with Crippen molar-refractivity contribution in [1.82, 2.24) is 14.9 Å². The molecule has 1 aliphatic rings. The molecule has 2 heterocycles. The van der Waals surface area contributed by atoms with E-state index >= 15 is 0 Å². The number of nitrogens with two attached hydrogens (primary N) is 1. The number of rotatable bonds is 2. The number of nitrogens with zero attached hydrogens (tertiary/aromatic N) is 4. The van der Waals surface area contributed by atoms with Gasteiger partial charge in [-0.3, -0.25) is 4.90 Å². The summed E-state index contributed by atoms with van der Waals surface area (Å²) < 4.78 is 0. The Morgan fingerprint density at radius 2 is 1.89 bits per heavy atom. The first kappa shape index (κ1) is 13.2. The minimum Gasteiger partial charge on any atom is -0.354 e. The lowest BCUT2D eigenvalue weighted by Crippen LogP contribution is -2.53. The quantitative estimate of drug-likeness (QED) is 0.842. The molecule has 1 fully saturated rings. The molecule has 0 atom stereocenters. The predicted molar refractivity (Wildman–Crippen MR) is 73.5 cm³/mol. The Balaban J connectivity index is 2.06. The van der Waals surface area contributed by atoms with E-state index in [-0.39, 0.29) is 5.54 Å². The normalized spacial score (nSPS) is 18.1. The first-order chi connectivity index (χ1) is 8.52. The Morgan fingerprint density at radius 1 is 1.22 bits per heavy atom. The van der Waals surface area contributed by atoms with Crippen LogP contribution in [-0.2, 0) is 6.54 Å². The van der Waals surface area contributed by atoms with Gasteiger partial charge in [0.15, 0.2) is 0 Å². The molecule has 2 rings (SSSR count). The average Bonchev–Trinajstić information content (AvgIpc) is 2.38. The maximum Gasteiger partial charge on any atom is 0.136 e. The van der Waals surface area contributed by atoms with Gasteiger partial charge in [-0.2, -0.15) is 0 Å². The van der Waals surface area contributed by atoms with Gasteiger partial charge < -0.3 is 10.6 Å². The monoisotopic (exact) mass is 249 g/mol. The van der Waals surface area contributed by atoms with Crippen molar-refractivity contribution >= 4 is 5.82 Å². The summed E-state index contributed by atoms with van der Waals surface area (Å²) in [5.74, 6) is 1.00. The van der Waals surface area contributed by atoms with Crippen LogP contribution in [0.25, 0.3) is 0 Å². The summed E-state index contributed by atoms with van der Waals surface area (Å²) in [6, 6.07) is 0. The third-order valence-corrected chi connectivity index (χ3v) is 3.51. The zero-order valence-corrected chi connectivity index (χ0v) is 11.6.